The smallest absolute Gasteiger partial charge is 0.261 e. The Kier molecular flexibility index (Phi) is 5.48. The number of nitrogens with one attached hydrogen (secondary N) is 1. The van der Waals surface area contributed by atoms with Crippen LogP contribution in [0, 0.1) is 0 Å². The van der Waals surface area contributed by atoms with Gasteiger partial charge in [0.1, 0.15) is 11.5 Å². The van der Waals surface area contributed by atoms with Gasteiger partial charge >= 0.3 is 0 Å². The van der Waals surface area contributed by atoms with Crippen molar-refractivity contribution in [2.45, 2.75) is 19.6 Å². The first-order valence-electron chi connectivity index (χ1n) is 8.12. The van der Waals surface area contributed by atoms with E-state index in [-0.39, 0.29) is 12.5 Å². The Balaban J connectivity index is 1.56. The average molecular weight is 353 g/mol. The monoisotopic (exact) mass is 353 g/mol. The molecular weight excluding hydrogens is 334 g/mol. The minimum Gasteiger partial charge on any atom is -0.497 e. The van der Waals surface area contributed by atoms with Gasteiger partial charge in [0.25, 0.3) is 5.91 Å². The summed E-state index contributed by atoms with van der Waals surface area (Å²) in [6.45, 7) is 1.80. The molecule has 7 nitrogen and oxygen atoms in total. The van der Waals surface area contributed by atoms with Gasteiger partial charge in [0.15, 0.2) is 6.10 Å². The van der Waals surface area contributed by atoms with Crippen LogP contribution < -0.4 is 14.8 Å². The molecule has 26 heavy (non-hydrogen) atoms. The second-order valence-electron chi connectivity index (χ2n) is 5.53. The highest BCUT2D eigenvalue weighted by atomic mass is 16.5. The van der Waals surface area contributed by atoms with Crippen molar-refractivity contribution in [2.24, 2.45) is 0 Å². The van der Waals surface area contributed by atoms with Crippen molar-refractivity contribution in [3.8, 4) is 22.9 Å². The van der Waals surface area contributed by atoms with E-state index in [1.54, 1.807) is 26.2 Å². The fourth-order valence-corrected chi connectivity index (χ4v) is 2.27. The summed E-state index contributed by atoms with van der Waals surface area (Å²) in [5.41, 5.74) is 0.770. The van der Waals surface area contributed by atoms with E-state index in [4.69, 9.17) is 14.0 Å². The van der Waals surface area contributed by atoms with Crippen molar-refractivity contribution < 1.29 is 18.8 Å². The molecule has 0 spiro atoms. The number of nitrogens with zero attached hydrogens (tertiary/aromatic N) is 2. The zero-order valence-corrected chi connectivity index (χ0v) is 14.5. The number of amides is 1. The molecule has 0 aliphatic rings. The van der Waals surface area contributed by atoms with Crippen molar-refractivity contribution in [1.29, 1.82) is 0 Å². The van der Waals surface area contributed by atoms with Crippen molar-refractivity contribution in [3.63, 3.8) is 0 Å². The first-order valence-corrected chi connectivity index (χ1v) is 8.12. The van der Waals surface area contributed by atoms with E-state index in [0.717, 1.165) is 5.56 Å². The molecule has 0 fully saturated rings. The molecule has 1 amide bonds. The Hall–Kier alpha value is -3.35. The number of para-hydroxylation sites is 1. The second kappa shape index (κ2) is 8.15. The molecule has 7 heteroatoms. The number of carbonyl (C=O) groups excluding carboxylic acids is 1. The van der Waals surface area contributed by atoms with E-state index in [2.05, 4.69) is 15.5 Å². The minimum atomic E-state index is -0.641. The largest absolute Gasteiger partial charge is 0.497 e. The molecular formula is C19H19N3O4. The Labute approximate surface area is 150 Å². The van der Waals surface area contributed by atoms with E-state index in [0.29, 0.717) is 23.2 Å². The number of hydrogen-bond acceptors (Lipinski definition) is 6. The van der Waals surface area contributed by atoms with E-state index >= 15 is 0 Å². The Morgan fingerprint density at radius 2 is 1.92 bits per heavy atom. The predicted octanol–water partition coefficient (Wildman–Crippen LogP) is 2.83. The van der Waals surface area contributed by atoms with Gasteiger partial charge in [-0.05, 0) is 31.2 Å². The number of benzene rings is 2. The van der Waals surface area contributed by atoms with Crippen LogP contribution in [-0.4, -0.2) is 29.3 Å². The highest BCUT2D eigenvalue weighted by Gasteiger charge is 2.16. The zero-order valence-electron chi connectivity index (χ0n) is 14.5. The normalized spacial score (nSPS) is 11.6. The van der Waals surface area contributed by atoms with E-state index in [1.165, 1.54) is 0 Å². The maximum atomic E-state index is 12.1. The molecule has 1 atom stereocenters. The number of methoxy groups -OCH3 is 1. The lowest BCUT2D eigenvalue weighted by molar-refractivity contribution is -0.127. The van der Waals surface area contributed by atoms with Crippen molar-refractivity contribution in [1.82, 2.24) is 15.5 Å². The highest BCUT2D eigenvalue weighted by molar-refractivity contribution is 5.80. The quantitative estimate of drug-likeness (QED) is 0.703. The Morgan fingerprint density at radius 3 is 2.69 bits per heavy atom. The van der Waals surface area contributed by atoms with Crippen LogP contribution in [0.15, 0.2) is 59.1 Å². The lowest BCUT2D eigenvalue weighted by atomic mass is 10.2. The highest BCUT2D eigenvalue weighted by Crippen LogP contribution is 2.21. The third-order valence-corrected chi connectivity index (χ3v) is 3.64. The topological polar surface area (TPSA) is 86.5 Å². The molecule has 0 saturated heterocycles. The summed E-state index contributed by atoms with van der Waals surface area (Å²) in [6, 6.07) is 16.5. The van der Waals surface area contributed by atoms with Crippen LogP contribution in [0.1, 0.15) is 12.8 Å². The Morgan fingerprint density at radius 1 is 1.15 bits per heavy atom. The van der Waals surface area contributed by atoms with Crippen LogP contribution in [0.2, 0.25) is 0 Å². The van der Waals surface area contributed by atoms with Crippen molar-refractivity contribution in [3.05, 3.63) is 60.5 Å². The predicted molar refractivity (Wildman–Crippen MR) is 94.7 cm³/mol. The molecule has 1 unspecified atom stereocenters. The summed E-state index contributed by atoms with van der Waals surface area (Å²) in [6.07, 6.45) is -0.641. The van der Waals surface area contributed by atoms with Gasteiger partial charge in [-0.1, -0.05) is 35.5 Å². The lowest BCUT2D eigenvalue weighted by Gasteiger charge is -2.13. The maximum Gasteiger partial charge on any atom is 0.261 e. The van der Waals surface area contributed by atoms with Crippen LogP contribution in [0.3, 0.4) is 0 Å². The van der Waals surface area contributed by atoms with Crippen LogP contribution in [0.4, 0.5) is 0 Å². The second-order valence-corrected chi connectivity index (χ2v) is 5.53. The summed E-state index contributed by atoms with van der Waals surface area (Å²) < 4.78 is 15.9. The van der Waals surface area contributed by atoms with Gasteiger partial charge in [0, 0.05) is 5.56 Å². The van der Waals surface area contributed by atoms with E-state index in [9.17, 15) is 4.79 Å². The summed E-state index contributed by atoms with van der Waals surface area (Å²) in [5.74, 6) is 1.81. The van der Waals surface area contributed by atoms with Gasteiger partial charge in [0.2, 0.25) is 11.7 Å². The van der Waals surface area contributed by atoms with Crippen LogP contribution in [0.25, 0.3) is 11.4 Å². The summed E-state index contributed by atoms with van der Waals surface area (Å²) >= 11 is 0. The number of hydrogen-bond donors (Lipinski definition) is 1. The van der Waals surface area contributed by atoms with Gasteiger partial charge in [0.05, 0.1) is 13.7 Å². The third-order valence-electron chi connectivity index (χ3n) is 3.64. The summed E-state index contributed by atoms with van der Waals surface area (Å²) in [5, 5.41) is 6.65. The van der Waals surface area contributed by atoms with E-state index in [1.807, 2.05) is 42.5 Å². The first-order chi connectivity index (χ1) is 12.7. The number of aromatic nitrogens is 2. The first kappa shape index (κ1) is 17.5. The SMILES string of the molecule is COc1cccc(-c2noc(CNC(=O)C(C)Oc3ccccc3)n2)c1. The maximum absolute atomic E-state index is 12.1. The van der Waals surface area contributed by atoms with Crippen LogP contribution in [-0.2, 0) is 11.3 Å². The molecule has 2 aromatic carbocycles. The van der Waals surface area contributed by atoms with Crippen LogP contribution >= 0.6 is 0 Å². The third kappa shape index (κ3) is 4.38. The molecule has 0 aliphatic carbocycles. The standard InChI is InChI=1S/C19H19N3O4/c1-13(25-15-8-4-3-5-9-15)19(23)20-12-17-21-18(22-26-17)14-7-6-10-16(11-14)24-2/h3-11,13H,12H2,1-2H3,(H,20,23). The van der Waals surface area contributed by atoms with Gasteiger partial charge in [-0.15, -0.1) is 0 Å². The molecule has 134 valence electrons. The molecule has 3 rings (SSSR count). The zero-order chi connectivity index (χ0) is 18.4. The summed E-state index contributed by atoms with van der Waals surface area (Å²) in [7, 11) is 1.59. The number of ether oxygens (including phenoxy) is 2. The fourth-order valence-electron chi connectivity index (χ4n) is 2.27. The average Bonchev–Trinajstić information content (AvgIpc) is 3.16. The molecule has 3 aromatic rings. The molecule has 0 saturated carbocycles. The molecule has 1 aromatic heterocycles. The molecule has 1 heterocycles. The lowest BCUT2D eigenvalue weighted by Crippen LogP contribution is -2.35. The van der Waals surface area contributed by atoms with Crippen molar-refractivity contribution >= 4 is 5.91 Å². The van der Waals surface area contributed by atoms with Crippen molar-refractivity contribution in [2.75, 3.05) is 7.11 Å². The fraction of sp³-hybridized carbons (Fsp3) is 0.211. The van der Waals surface area contributed by atoms with Gasteiger partial charge < -0.3 is 19.3 Å². The molecule has 0 bridgehead atoms. The molecule has 0 aliphatic heterocycles. The van der Waals surface area contributed by atoms with Gasteiger partial charge in [-0.2, -0.15) is 4.98 Å². The molecule has 1 N–H and O–H groups in total. The summed E-state index contributed by atoms with van der Waals surface area (Å²) in [4.78, 5) is 16.4. The molecule has 0 radical (unpaired) electrons. The van der Waals surface area contributed by atoms with Gasteiger partial charge in [-0.25, -0.2) is 0 Å². The number of rotatable bonds is 7. The van der Waals surface area contributed by atoms with Gasteiger partial charge in [-0.3, -0.25) is 4.79 Å². The minimum absolute atomic E-state index is 0.123. The van der Waals surface area contributed by atoms with E-state index < -0.39 is 6.10 Å². The number of carbonyl (C=O) groups is 1. The van der Waals surface area contributed by atoms with Crippen LogP contribution in [0.5, 0.6) is 11.5 Å². The Bertz CT molecular complexity index is 864.